The van der Waals surface area contributed by atoms with E-state index in [-0.39, 0.29) is 5.41 Å². The van der Waals surface area contributed by atoms with E-state index in [1.807, 2.05) is 11.3 Å². The summed E-state index contributed by atoms with van der Waals surface area (Å²) in [5, 5.41) is 0. The molecule has 0 aliphatic rings. The van der Waals surface area contributed by atoms with Crippen molar-refractivity contribution in [2.45, 2.75) is 39.6 Å². The molecule has 0 saturated carbocycles. The molecule has 0 atom stereocenters. The predicted octanol–water partition coefficient (Wildman–Crippen LogP) is 3.88. The zero-order valence-electron chi connectivity index (χ0n) is 14.2. The van der Waals surface area contributed by atoms with Crippen molar-refractivity contribution in [2.24, 2.45) is 0 Å². The van der Waals surface area contributed by atoms with Gasteiger partial charge < -0.3 is 4.90 Å². The van der Waals surface area contributed by atoms with E-state index < -0.39 is 0 Å². The van der Waals surface area contributed by atoms with Crippen molar-refractivity contribution in [2.75, 3.05) is 14.1 Å². The molecule has 0 unspecified atom stereocenters. The highest BCUT2D eigenvalue weighted by Crippen LogP contribution is 2.36. The van der Waals surface area contributed by atoms with Crippen LogP contribution in [0.2, 0.25) is 6.82 Å². The van der Waals surface area contributed by atoms with E-state index in [0.29, 0.717) is 0 Å². The number of thiophene rings is 1. The van der Waals surface area contributed by atoms with Crippen LogP contribution in [0.15, 0.2) is 30.3 Å². The van der Waals surface area contributed by atoms with Crippen molar-refractivity contribution in [1.29, 1.82) is 0 Å². The Kier molecular flexibility index (Phi) is 4.95. The third-order valence-corrected chi connectivity index (χ3v) is 5.22. The molecule has 0 fully saturated rings. The van der Waals surface area contributed by atoms with E-state index in [1.54, 1.807) is 0 Å². The van der Waals surface area contributed by atoms with Gasteiger partial charge in [0.15, 0.2) is 7.28 Å². The first-order valence-corrected chi connectivity index (χ1v) is 8.50. The molecule has 0 radical (unpaired) electrons. The molecule has 0 bridgehead atoms. The van der Waals surface area contributed by atoms with Gasteiger partial charge in [-0.1, -0.05) is 51.3 Å². The lowest BCUT2D eigenvalue weighted by Crippen LogP contribution is -2.16. The lowest BCUT2D eigenvalue weighted by molar-refractivity contribution is 0.403. The van der Waals surface area contributed by atoms with Gasteiger partial charge in [0.05, 0.1) is 0 Å². The van der Waals surface area contributed by atoms with Crippen molar-refractivity contribution < 1.29 is 0 Å². The summed E-state index contributed by atoms with van der Waals surface area (Å²) in [6.07, 6.45) is 0. The molecule has 0 saturated heterocycles. The summed E-state index contributed by atoms with van der Waals surface area (Å²) in [5.74, 6) is 0. The minimum atomic E-state index is 0.230. The van der Waals surface area contributed by atoms with Crippen LogP contribution < -0.4 is 5.46 Å². The van der Waals surface area contributed by atoms with Gasteiger partial charge in [0.1, 0.15) is 0 Å². The van der Waals surface area contributed by atoms with Crippen molar-refractivity contribution in [3.8, 4) is 10.4 Å². The first-order valence-electron chi connectivity index (χ1n) is 7.68. The minimum absolute atomic E-state index is 0.230. The molecule has 0 aliphatic heterocycles. The Bertz CT molecular complexity index is 608. The molecular formula is C18H26BNS. The van der Waals surface area contributed by atoms with Gasteiger partial charge in [-0.25, -0.2) is 0 Å². The lowest BCUT2D eigenvalue weighted by Gasteiger charge is -2.16. The smallest absolute Gasteiger partial charge is 0.154 e. The summed E-state index contributed by atoms with van der Waals surface area (Å²) in [5.41, 5.74) is 4.47. The average Bonchev–Trinajstić information content (AvgIpc) is 2.87. The topological polar surface area (TPSA) is 3.24 Å². The van der Waals surface area contributed by atoms with Crippen LogP contribution in [-0.4, -0.2) is 26.3 Å². The molecule has 2 rings (SSSR count). The maximum Gasteiger partial charge on any atom is 0.154 e. The second-order valence-electron chi connectivity index (χ2n) is 7.00. The van der Waals surface area contributed by atoms with Gasteiger partial charge in [0.2, 0.25) is 0 Å². The fourth-order valence-corrected chi connectivity index (χ4v) is 3.59. The van der Waals surface area contributed by atoms with E-state index in [9.17, 15) is 0 Å². The number of hydrogen-bond acceptors (Lipinski definition) is 2. The van der Waals surface area contributed by atoms with Gasteiger partial charge in [-0.15, -0.1) is 11.3 Å². The maximum atomic E-state index is 2.37. The number of hydrogen-bond donors (Lipinski definition) is 0. The van der Waals surface area contributed by atoms with E-state index in [2.05, 4.69) is 76.9 Å². The van der Waals surface area contributed by atoms with Crippen LogP contribution in [0.1, 0.15) is 31.2 Å². The molecule has 1 nitrogen and oxygen atoms in total. The largest absolute Gasteiger partial charge is 0.305 e. The van der Waals surface area contributed by atoms with Gasteiger partial charge in [0, 0.05) is 16.3 Å². The normalized spacial score (nSPS) is 12.0. The third kappa shape index (κ3) is 3.99. The van der Waals surface area contributed by atoms with Crippen LogP contribution in [0.5, 0.6) is 0 Å². The third-order valence-electron chi connectivity index (χ3n) is 3.68. The Balaban J connectivity index is 2.45. The highest BCUT2D eigenvalue weighted by Gasteiger charge is 2.17. The van der Waals surface area contributed by atoms with Gasteiger partial charge in [-0.3, -0.25) is 0 Å². The highest BCUT2D eigenvalue weighted by atomic mass is 32.1. The summed E-state index contributed by atoms with van der Waals surface area (Å²) in [4.78, 5) is 5.09. The Hall–Kier alpha value is -1.06. The summed E-state index contributed by atoms with van der Waals surface area (Å²) < 4.78 is 0. The SMILES string of the molecule is CBc1ccc(-c2ccc(C(C)(C)C)s2)c(CN(C)C)c1. The molecule has 0 N–H and O–H groups in total. The van der Waals surface area contributed by atoms with E-state index in [4.69, 9.17) is 0 Å². The zero-order valence-corrected chi connectivity index (χ0v) is 15.0. The molecule has 112 valence electrons. The lowest BCUT2D eigenvalue weighted by atomic mass is 9.72. The molecule has 1 aromatic carbocycles. The molecular weight excluding hydrogens is 273 g/mol. The van der Waals surface area contributed by atoms with Gasteiger partial charge >= 0.3 is 0 Å². The van der Waals surface area contributed by atoms with Gasteiger partial charge in [-0.2, -0.15) is 0 Å². The van der Waals surface area contributed by atoms with Crippen molar-refractivity contribution in [3.05, 3.63) is 40.8 Å². The standard InChI is InChI=1S/C18H26BNS/c1-18(2,3)17-10-9-16(21-17)15-8-7-14(19-4)11-13(15)12-20(5)6/h7-11,19H,12H2,1-6H3. The summed E-state index contributed by atoms with van der Waals surface area (Å²) in [6, 6.07) is 11.5. The van der Waals surface area contributed by atoms with Crippen LogP contribution in [0.4, 0.5) is 0 Å². The predicted molar refractivity (Wildman–Crippen MR) is 98.5 cm³/mol. The number of rotatable bonds is 4. The van der Waals surface area contributed by atoms with Crippen molar-refractivity contribution in [1.82, 2.24) is 4.90 Å². The fourth-order valence-electron chi connectivity index (χ4n) is 2.46. The Morgan fingerprint density at radius 1 is 1.10 bits per heavy atom. The fraction of sp³-hybridized carbons (Fsp3) is 0.444. The molecule has 2 aromatic rings. The maximum absolute atomic E-state index is 2.37. The molecule has 0 amide bonds. The monoisotopic (exact) mass is 299 g/mol. The van der Waals surface area contributed by atoms with Crippen LogP contribution in [0.3, 0.4) is 0 Å². The van der Waals surface area contributed by atoms with Crippen LogP contribution >= 0.6 is 11.3 Å². The number of benzene rings is 1. The van der Waals surface area contributed by atoms with E-state index in [0.717, 1.165) is 13.8 Å². The molecule has 0 aliphatic carbocycles. The minimum Gasteiger partial charge on any atom is -0.305 e. The average molecular weight is 299 g/mol. The molecule has 3 heteroatoms. The van der Waals surface area contributed by atoms with Gasteiger partial charge in [-0.05, 0) is 42.8 Å². The Morgan fingerprint density at radius 3 is 2.33 bits per heavy atom. The summed E-state index contributed by atoms with van der Waals surface area (Å²) in [6.45, 7) is 10.1. The quantitative estimate of drug-likeness (QED) is 0.774. The Labute approximate surface area is 134 Å². The summed E-state index contributed by atoms with van der Waals surface area (Å²) >= 11 is 1.93. The Morgan fingerprint density at radius 2 is 1.81 bits per heavy atom. The van der Waals surface area contributed by atoms with Crippen LogP contribution in [-0.2, 0) is 12.0 Å². The second-order valence-corrected chi connectivity index (χ2v) is 8.08. The zero-order chi connectivity index (χ0) is 15.6. The second kappa shape index (κ2) is 6.37. The van der Waals surface area contributed by atoms with E-state index in [1.165, 1.54) is 26.3 Å². The van der Waals surface area contributed by atoms with Crippen molar-refractivity contribution in [3.63, 3.8) is 0 Å². The van der Waals surface area contributed by atoms with Crippen LogP contribution in [0.25, 0.3) is 10.4 Å². The molecule has 0 spiro atoms. The number of nitrogens with zero attached hydrogens (tertiary/aromatic N) is 1. The highest BCUT2D eigenvalue weighted by molar-refractivity contribution is 7.15. The molecule has 1 heterocycles. The van der Waals surface area contributed by atoms with E-state index >= 15 is 0 Å². The van der Waals surface area contributed by atoms with Crippen molar-refractivity contribution >= 4 is 24.1 Å². The first kappa shape index (κ1) is 16.3. The van der Waals surface area contributed by atoms with Gasteiger partial charge in [0.25, 0.3) is 0 Å². The first-order chi connectivity index (χ1) is 9.81. The van der Waals surface area contributed by atoms with Crippen LogP contribution in [0, 0.1) is 0 Å². The molecule has 1 aromatic heterocycles. The molecule has 21 heavy (non-hydrogen) atoms. The summed E-state index contributed by atoms with van der Waals surface area (Å²) in [7, 11) is 5.37.